The summed E-state index contributed by atoms with van der Waals surface area (Å²) in [5, 5.41) is 10.2. The molecule has 0 saturated carbocycles. The highest BCUT2D eigenvalue weighted by atomic mass is 35.5. The van der Waals surface area contributed by atoms with Crippen molar-refractivity contribution < 1.29 is 13.5 Å². The van der Waals surface area contributed by atoms with Crippen LogP contribution in [0.5, 0.6) is 0 Å². The first-order chi connectivity index (χ1) is 9.83. The number of thiazole rings is 1. The molecule has 0 radical (unpaired) electrons. The van der Waals surface area contributed by atoms with Crippen molar-refractivity contribution in [3.63, 3.8) is 0 Å². The zero-order valence-corrected chi connectivity index (χ0v) is 13.9. The minimum atomic E-state index is -3.70. The SMILES string of the molecule is Cc1cnc(C(C)NS(=O)(=O)c2ccc(Cl)c(CO)c2)s1. The van der Waals surface area contributed by atoms with E-state index in [0.29, 0.717) is 15.6 Å². The van der Waals surface area contributed by atoms with Crippen molar-refractivity contribution in [1.82, 2.24) is 9.71 Å². The Balaban J connectivity index is 2.26. The largest absolute Gasteiger partial charge is 0.392 e. The van der Waals surface area contributed by atoms with E-state index in [9.17, 15) is 8.42 Å². The lowest BCUT2D eigenvalue weighted by Gasteiger charge is -2.13. The standard InChI is InChI=1S/C13H15ClN2O3S2/c1-8-6-15-13(20-8)9(2)16-21(18,19)11-3-4-12(14)10(5-11)7-17/h3-6,9,16-17H,7H2,1-2H3. The van der Waals surface area contributed by atoms with Crippen molar-refractivity contribution >= 4 is 33.0 Å². The van der Waals surface area contributed by atoms with E-state index in [1.165, 1.54) is 29.5 Å². The van der Waals surface area contributed by atoms with Gasteiger partial charge in [0.15, 0.2) is 0 Å². The number of sulfonamides is 1. The van der Waals surface area contributed by atoms with Crippen LogP contribution >= 0.6 is 22.9 Å². The third-order valence-electron chi connectivity index (χ3n) is 2.84. The summed E-state index contributed by atoms with van der Waals surface area (Å²) in [7, 11) is -3.70. The van der Waals surface area contributed by atoms with Gasteiger partial charge in [0, 0.05) is 16.1 Å². The smallest absolute Gasteiger partial charge is 0.241 e. The maximum atomic E-state index is 12.3. The fourth-order valence-electron chi connectivity index (χ4n) is 1.76. The Morgan fingerprint density at radius 2 is 2.19 bits per heavy atom. The van der Waals surface area contributed by atoms with Gasteiger partial charge in [-0.25, -0.2) is 18.1 Å². The number of aliphatic hydroxyl groups is 1. The second kappa shape index (κ2) is 6.41. The second-order valence-electron chi connectivity index (χ2n) is 4.56. The summed E-state index contributed by atoms with van der Waals surface area (Å²) >= 11 is 7.31. The van der Waals surface area contributed by atoms with Crippen LogP contribution in [-0.2, 0) is 16.6 Å². The van der Waals surface area contributed by atoms with Crippen LogP contribution in [0, 0.1) is 6.92 Å². The topological polar surface area (TPSA) is 79.3 Å². The number of nitrogens with one attached hydrogen (secondary N) is 1. The van der Waals surface area contributed by atoms with E-state index in [1.54, 1.807) is 13.1 Å². The van der Waals surface area contributed by atoms with Gasteiger partial charge in [0.05, 0.1) is 17.5 Å². The Morgan fingerprint density at radius 3 is 2.76 bits per heavy atom. The van der Waals surface area contributed by atoms with Crippen LogP contribution in [0.3, 0.4) is 0 Å². The minimum absolute atomic E-state index is 0.0658. The quantitative estimate of drug-likeness (QED) is 0.872. The van der Waals surface area contributed by atoms with Crippen molar-refractivity contribution in [2.24, 2.45) is 0 Å². The summed E-state index contributed by atoms with van der Waals surface area (Å²) in [5.41, 5.74) is 0.372. The van der Waals surface area contributed by atoms with Crippen LogP contribution < -0.4 is 4.72 Å². The molecule has 2 aromatic rings. The van der Waals surface area contributed by atoms with Crippen LogP contribution in [0.25, 0.3) is 0 Å². The van der Waals surface area contributed by atoms with E-state index in [2.05, 4.69) is 9.71 Å². The zero-order valence-electron chi connectivity index (χ0n) is 11.5. The Kier molecular flexibility index (Phi) is 5.00. The number of nitrogens with zero attached hydrogens (tertiary/aromatic N) is 1. The molecule has 1 heterocycles. The first kappa shape index (κ1) is 16.4. The third-order valence-corrected chi connectivity index (χ3v) is 5.84. The first-order valence-electron chi connectivity index (χ1n) is 6.17. The molecule has 8 heteroatoms. The normalized spacial score (nSPS) is 13.3. The van der Waals surface area contributed by atoms with E-state index < -0.39 is 16.1 Å². The Hall–Kier alpha value is -0.990. The number of rotatable bonds is 5. The molecule has 1 atom stereocenters. The van der Waals surface area contributed by atoms with E-state index in [-0.39, 0.29) is 11.5 Å². The molecular formula is C13H15ClN2O3S2. The molecule has 0 aliphatic rings. The molecule has 0 amide bonds. The van der Waals surface area contributed by atoms with E-state index in [0.717, 1.165) is 4.88 Å². The lowest BCUT2D eigenvalue weighted by molar-refractivity contribution is 0.281. The van der Waals surface area contributed by atoms with Crippen LogP contribution in [-0.4, -0.2) is 18.5 Å². The van der Waals surface area contributed by atoms with Gasteiger partial charge in [-0.1, -0.05) is 11.6 Å². The summed E-state index contributed by atoms with van der Waals surface area (Å²) in [6.45, 7) is 3.33. The number of halogens is 1. The van der Waals surface area contributed by atoms with Gasteiger partial charge in [-0.3, -0.25) is 0 Å². The molecule has 0 bridgehead atoms. The molecule has 2 rings (SSSR count). The Morgan fingerprint density at radius 1 is 1.48 bits per heavy atom. The molecule has 0 aliphatic carbocycles. The summed E-state index contributed by atoms with van der Waals surface area (Å²) in [6.07, 6.45) is 1.71. The maximum absolute atomic E-state index is 12.3. The van der Waals surface area contributed by atoms with Gasteiger partial charge in [0.25, 0.3) is 0 Å². The highest BCUT2D eigenvalue weighted by molar-refractivity contribution is 7.89. The number of hydrogen-bond donors (Lipinski definition) is 2. The van der Waals surface area contributed by atoms with Crippen LogP contribution in [0.15, 0.2) is 29.3 Å². The second-order valence-corrected chi connectivity index (χ2v) is 7.95. The summed E-state index contributed by atoms with van der Waals surface area (Å²) in [4.78, 5) is 5.26. The van der Waals surface area contributed by atoms with Crippen molar-refractivity contribution in [2.45, 2.75) is 31.4 Å². The van der Waals surface area contributed by atoms with Crippen LogP contribution in [0.1, 0.15) is 28.4 Å². The lowest BCUT2D eigenvalue weighted by atomic mass is 10.2. The van der Waals surface area contributed by atoms with Gasteiger partial charge in [-0.15, -0.1) is 11.3 Å². The molecular weight excluding hydrogens is 332 g/mol. The molecule has 2 N–H and O–H groups in total. The van der Waals surface area contributed by atoms with Crippen molar-refractivity contribution in [3.05, 3.63) is 44.9 Å². The predicted molar refractivity (Wildman–Crippen MR) is 83.0 cm³/mol. The van der Waals surface area contributed by atoms with Gasteiger partial charge in [-0.05, 0) is 37.6 Å². The molecule has 0 aliphatic heterocycles. The zero-order chi connectivity index (χ0) is 15.6. The summed E-state index contributed by atoms with van der Waals surface area (Å²) in [6, 6.07) is 3.80. The van der Waals surface area contributed by atoms with Gasteiger partial charge in [0.1, 0.15) is 5.01 Å². The monoisotopic (exact) mass is 346 g/mol. The van der Waals surface area contributed by atoms with Gasteiger partial charge >= 0.3 is 0 Å². The van der Waals surface area contributed by atoms with Gasteiger partial charge < -0.3 is 5.11 Å². The molecule has 0 fully saturated rings. The molecule has 5 nitrogen and oxygen atoms in total. The third kappa shape index (κ3) is 3.81. The number of aromatic nitrogens is 1. The molecule has 0 saturated heterocycles. The highest BCUT2D eigenvalue weighted by Crippen LogP contribution is 2.24. The van der Waals surface area contributed by atoms with Crippen LogP contribution in [0.4, 0.5) is 0 Å². The number of benzene rings is 1. The minimum Gasteiger partial charge on any atom is -0.392 e. The average Bonchev–Trinajstić information content (AvgIpc) is 2.85. The highest BCUT2D eigenvalue weighted by Gasteiger charge is 2.21. The maximum Gasteiger partial charge on any atom is 0.241 e. The molecule has 114 valence electrons. The Labute approximate surface area is 132 Å². The Bertz CT molecular complexity index is 744. The van der Waals surface area contributed by atoms with Gasteiger partial charge in [0.2, 0.25) is 10.0 Å². The summed E-state index contributed by atoms with van der Waals surface area (Å²) in [5.74, 6) is 0. The lowest BCUT2D eigenvalue weighted by Crippen LogP contribution is -2.26. The van der Waals surface area contributed by atoms with Crippen molar-refractivity contribution in [1.29, 1.82) is 0 Å². The van der Waals surface area contributed by atoms with Crippen LogP contribution in [0.2, 0.25) is 5.02 Å². The van der Waals surface area contributed by atoms with Crippen molar-refractivity contribution in [3.8, 4) is 0 Å². The molecule has 1 aromatic carbocycles. The fourth-order valence-corrected chi connectivity index (χ4v) is 4.05. The van der Waals surface area contributed by atoms with E-state index in [1.807, 2.05) is 6.92 Å². The molecule has 0 spiro atoms. The number of aryl methyl sites for hydroxylation is 1. The van der Waals surface area contributed by atoms with E-state index in [4.69, 9.17) is 16.7 Å². The fraction of sp³-hybridized carbons (Fsp3) is 0.308. The first-order valence-corrected chi connectivity index (χ1v) is 8.85. The van der Waals surface area contributed by atoms with Gasteiger partial charge in [-0.2, -0.15) is 0 Å². The predicted octanol–water partition coefficient (Wildman–Crippen LogP) is 2.64. The van der Waals surface area contributed by atoms with E-state index >= 15 is 0 Å². The molecule has 1 unspecified atom stereocenters. The molecule has 21 heavy (non-hydrogen) atoms. The molecule has 1 aromatic heterocycles. The number of aliphatic hydroxyl groups excluding tert-OH is 1. The summed E-state index contributed by atoms with van der Waals surface area (Å²) < 4.78 is 27.3. The average molecular weight is 347 g/mol. The number of hydrogen-bond acceptors (Lipinski definition) is 5. The van der Waals surface area contributed by atoms with Crippen molar-refractivity contribution in [2.75, 3.05) is 0 Å².